The van der Waals surface area contributed by atoms with Crippen LogP contribution in [0.2, 0.25) is 0 Å². The number of urea groups is 1. The fraction of sp³-hybridized carbons (Fsp3) is 0.900. The van der Waals surface area contributed by atoms with Crippen LogP contribution in [0.25, 0.3) is 0 Å². The van der Waals surface area contributed by atoms with E-state index in [0.29, 0.717) is 12.5 Å². The lowest BCUT2D eigenvalue weighted by Crippen LogP contribution is -2.51. The van der Waals surface area contributed by atoms with Gasteiger partial charge in [-0.15, -0.1) is 0 Å². The highest BCUT2D eigenvalue weighted by Crippen LogP contribution is 2.18. The average Bonchev–Trinajstić information content (AvgIpc) is 2.63. The summed E-state index contributed by atoms with van der Waals surface area (Å²) in [5, 5.41) is 6.34. The van der Waals surface area contributed by atoms with E-state index in [-0.39, 0.29) is 18.0 Å². The molecule has 0 unspecified atom stereocenters. The summed E-state index contributed by atoms with van der Waals surface area (Å²) in [6, 6.07) is 0.695. The van der Waals surface area contributed by atoms with Crippen LogP contribution in [0.5, 0.6) is 0 Å². The molecule has 1 aliphatic heterocycles. The molecule has 1 saturated heterocycles. The third kappa shape index (κ3) is 7.66. The molecule has 0 spiro atoms. The quantitative estimate of drug-likeness (QED) is 0.650. The number of rotatable bonds is 8. The molecule has 2 fully saturated rings. The van der Waals surface area contributed by atoms with Crippen molar-refractivity contribution in [3.63, 3.8) is 0 Å². The predicted octanol–water partition coefficient (Wildman–Crippen LogP) is 3.97. The van der Waals surface area contributed by atoms with E-state index in [4.69, 9.17) is 0 Å². The van der Waals surface area contributed by atoms with Gasteiger partial charge in [-0.05, 0) is 32.1 Å². The number of carbonyl (C=O) groups is 2. The fourth-order valence-electron chi connectivity index (χ4n) is 3.93. The first kappa shape index (κ1) is 20.1. The number of likely N-dealkylation sites (tertiary alicyclic amines) is 1. The zero-order valence-corrected chi connectivity index (χ0v) is 16.0. The van der Waals surface area contributed by atoms with E-state index < -0.39 is 0 Å². The van der Waals surface area contributed by atoms with E-state index in [2.05, 4.69) is 17.6 Å². The zero-order chi connectivity index (χ0) is 17.9. The molecule has 0 radical (unpaired) electrons. The molecule has 5 nitrogen and oxygen atoms in total. The molecular weight excluding hydrogens is 314 g/mol. The number of hydrogen-bond acceptors (Lipinski definition) is 2. The van der Waals surface area contributed by atoms with Gasteiger partial charge < -0.3 is 15.5 Å². The Balaban J connectivity index is 1.57. The smallest absolute Gasteiger partial charge is 0.317 e. The number of nitrogens with one attached hydrogen (secondary N) is 2. The first-order valence-corrected chi connectivity index (χ1v) is 10.5. The molecular formula is C20H37N3O2. The molecule has 3 amide bonds. The largest absolute Gasteiger partial charge is 0.353 e. The monoisotopic (exact) mass is 351 g/mol. The van der Waals surface area contributed by atoms with Crippen LogP contribution in [-0.4, -0.2) is 42.0 Å². The molecule has 2 aliphatic rings. The lowest BCUT2D eigenvalue weighted by Gasteiger charge is -2.34. The van der Waals surface area contributed by atoms with Crippen molar-refractivity contribution in [2.45, 2.75) is 102 Å². The van der Waals surface area contributed by atoms with Crippen molar-refractivity contribution in [3.05, 3.63) is 0 Å². The van der Waals surface area contributed by atoms with Crippen molar-refractivity contribution in [3.8, 4) is 0 Å². The van der Waals surface area contributed by atoms with Crippen molar-refractivity contribution in [2.75, 3.05) is 13.1 Å². The van der Waals surface area contributed by atoms with Crippen molar-refractivity contribution in [1.29, 1.82) is 0 Å². The second-order valence-electron chi connectivity index (χ2n) is 7.78. The van der Waals surface area contributed by atoms with Crippen LogP contribution in [0.4, 0.5) is 4.79 Å². The highest BCUT2D eigenvalue weighted by atomic mass is 16.2. The Morgan fingerprint density at radius 3 is 2.16 bits per heavy atom. The molecule has 144 valence electrons. The Hall–Kier alpha value is -1.26. The van der Waals surface area contributed by atoms with Crippen molar-refractivity contribution < 1.29 is 9.59 Å². The van der Waals surface area contributed by atoms with E-state index >= 15 is 0 Å². The molecule has 1 aliphatic carbocycles. The molecule has 25 heavy (non-hydrogen) atoms. The highest BCUT2D eigenvalue weighted by Gasteiger charge is 2.25. The Kier molecular flexibility index (Phi) is 9.12. The lowest BCUT2D eigenvalue weighted by atomic mass is 9.95. The van der Waals surface area contributed by atoms with Gasteiger partial charge in [0.05, 0.1) is 0 Å². The maximum atomic E-state index is 12.4. The van der Waals surface area contributed by atoms with E-state index in [1.807, 2.05) is 4.90 Å². The van der Waals surface area contributed by atoms with Crippen molar-refractivity contribution >= 4 is 11.9 Å². The summed E-state index contributed by atoms with van der Waals surface area (Å²) in [4.78, 5) is 26.3. The van der Waals surface area contributed by atoms with Gasteiger partial charge in [-0.1, -0.05) is 51.9 Å². The molecule has 0 bridgehead atoms. The summed E-state index contributed by atoms with van der Waals surface area (Å²) in [6.07, 6.45) is 14.3. The number of nitrogens with zero attached hydrogens (tertiary/aromatic N) is 1. The molecule has 0 aromatic heterocycles. The van der Waals surface area contributed by atoms with Gasteiger partial charge in [0.25, 0.3) is 0 Å². The Morgan fingerprint density at radius 1 is 0.840 bits per heavy atom. The highest BCUT2D eigenvalue weighted by molar-refractivity contribution is 5.76. The predicted molar refractivity (Wildman–Crippen MR) is 102 cm³/mol. The Labute approximate surface area is 153 Å². The van der Waals surface area contributed by atoms with E-state index in [1.54, 1.807) is 0 Å². The minimum absolute atomic E-state index is 0.0904. The minimum Gasteiger partial charge on any atom is -0.353 e. The van der Waals surface area contributed by atoms with Crippen LogP contribution in [0, 0.1) is 0 Å². The van der Waals surface area contributed by atoms with Gasteiger partial charge in [-0.25, -0.2) is 4.79 Å². The average molecular weight is 352 g/mol. The van der Waals surface area contributed by atoms with E-state index in [1.165, 1.54) is 38.5 Å². The van der Waals surface area contributed by atoms with Crippen LogP contribution in [0.15, 0.2) is 0 Å². The zero-order valence-electron chi connectivity index (χ0n) is 16.0. The summed E-state index contributed by atoms with van der Waals surface area (Å²) in [5.41, 5.74) is 0. The fourth-order valence-corrected chi connectivity index (χ4v) is 3.93. The van der Waals surface area contributed by atoms with E-state index in [9.17, 15) is 9.59 Å². The van der Waals surface area contributed by atoms with Crippen molar-refractivity contribution in [2.24, 2.45) is 0 Å². The van der Waals surface area contributed by atoms with Crippen molar-refractivity contribution in [1.82, 2.24) is 15.5 Å². The lowest BCUT2D eigenvalue weighted by molar-refractivity contribution is -0.122. The second-order valence-corrected chi connectivity index (χ2v) is 7.78. The maximum absolute atomic E-state index is 12.4. The molecule has 2 rings (SSSR count). The van der Waals surface area contributed by atoms with Gasteiger partial charge in [0.1, 0.15) is 0 Å². The van der Waals surface area contributed by atoms with Gasteiger partial charge >= 0.3 is 6.03 Å². The Morgan fingerprint density at radius 2 is 1.48 bits per heavy atom. The summed E-state index contributed by atoms with van der Waals surface area (Å²) in [6.45, 7) is 3.70. The minimum atomic E-state index is 0.0904. The molecule has 0 atom stereocenters. The SMILES string of the molecule is CCCCCCCC(=O)NC1CCN(C(=O)NC2CCCCC2)CC1. The first-order chi connectivity index (χ1) is 12.2. The second kappa shape index (κ2) is 11.4. The Bertz CT molecular complexity index is 400. The van der Waals surface area contributed by atoms with Gasteiger partial charge in [0.15, 0.2) is 0 Å². The summed E-state index contributed by atoms with van der Waals surface area (Å²) in [7, 11) is 0. The van der Waals surface area contributed by atoms with Crippen LogP contribution in [0.1, 0.15) is 90.4 Å². The molecule has 2 N–H and O–H groups in total. The maximum Gasteiger partial charge on any atom is 0.317 e. The van der Waals surface area contributed by atoms with Gasteiger partial charge in [0.2, 0.25) is 5.91 Å². The van der Waals surface area contributed by atoms with Gasteiger partial charge in [-0.2, -0.15) is 0 Å². The molecule has 0 aromatic rings. The third-order valence-corrected chi connectivity index (χ3v) is 5.59. The third-order valence-electron chi connectivity index (χ3n) is 5.59. The number of amides is 3. The number of carbonyl (C=O) groups excluding carboxylic acids is 2. The van der Waals surface area contributed by atoms with Crippen LogP contribution >= 0.6 is 0 Å². The summed E-state index contributed by atoms with van der Waals surface area (Å²) >= 11 is 0. The van der Waals surface area contributed by atoms with Gasteiger partial charge in [0, 0.05) is 31.6 Å². The van der Waals surface area contributed by atoms with Crippen LogP contribution in [-0.2, 0) is 4.79 Å². The first-order valence-electron chi connectivity index (χ1n) is 10.5. The van der Waals surface area contributed by atoms with Crippen LogP contribution < -0.4 is 10.6 Å². The molecule has 1 saturated carbocycles. The summed E-state index contributed by atoms with van der Waals surface area (Å²) < 4.78 is 0. The van der Waals surface area contributed by atoms with Crippen LogP contribution in [0.3, 0.4) is 0 Å². The van der Waals surface area contributed by atoms with Gasteiger partial charge in [-0.3, -0.25) is 4.79 Å². The topological polar surface area (TPSA) is 61.4 Å². The normalized spacial score (nSPS) is 19.6. The molecule has 5 heteroatoms. The number of piperidine rings is 1. The molecule has 1 heterocycles. The standard InChI is InChI=1S/C20H37N3O2/c1-2-3-4-5-9-12-19(24)21-18-13-15-23(16-14-18)20(25)22-17-10-7-6-8-11-17/h17-18H,2-16H2,1H3,(H,21,24)(H,22,25). The molecule has 0 aromatic carbocycles. The number of hydrogen-bond donors (Lipinski definition) is 2. The van der Waals surface area contributed by atoms with E-state index in [0.717, 1.165) is 51.6 Å². The summed E-state index contributed by atoms with van der Waals surface area (Å²) in [5.74, 6) is 0.182. The number of unbranched alkanes of at least 4 members (excludes halogenated alkanes) is 4.